The summed E-state index contributed by atoms with van der Waals surface area (Å²) < 4.78 is 5.18. The van der Waals surface area contributed by atoms with Gasteiger partial charge in [-0.1, -0.05) is 23.9 Å². The standard InChI is InChI=1S/C14H16N4O3S/c1-8(22-14-17-11(15)7-12(19)18-14)13(20)16-9-5-3-4-6-10(9)21-2/h3-8H,1-2H3,(H,16,20)(H3,15,17,18,19). The minimum Gasteiger partial charge on any atom is -0.495 e. The first kappa shape index (κ1) is 15.9. The molecule has 22 heavy (non-hydrogen) atoms. The molecular formula is C14H16N4O3S. The van der Waals surface area contributed by atoms with E-state index in [0.717, 1.165) is 11.8 Å². The third-order valence-electron chi connectivity index (χ3n) is 2.76. The van der Waals surface area contributed by atoms with Crippen molar-refractivity contribution >= 4 is 29.2 Å². The number of H-pyrrole nitrogens is 1. The normalized spacial score (nSPS) is 11.7. The average molecular weight is 320 g/mol. The Kier molecular flexibility index (Phi) is 5.05. The third kappa shape index (κ3) is 4.01. The highest BCUT2D eigenvalue weighted by molar-refractivity contribution is 8.00. The predicted molar refractivity (Wildman–Crippen MR) is 86.2 cm³/mol. The zero-order valence-corrected chi connectivity index (χ0v) is 12.9. The summed E-state index contributed by atoms with van der Waals surface area (Å²) in [6.45, 7) is 1.71. The highest BCUT2D eigenvalue weighted by Crippen LogP contribution is 2.25. The first-order chi connectivity index (χ1) is 10.5. The molecule has 1 atom stereocenters. The van der Waals surface area contributed by atoms with Crippen LogP contribution in [-0.2, 0) is 4.79 Å². The van der Waals surface area contributed by atoms with Crippen LogP contribution in [0.15, 0.2) is 40.3 Å². The summed E-state index contributed by atoms with van der Waals surface area (Å²) in [5, 5.41) is 2.60. The molecule has 0 saturated heterocycles. The van der Waals surface area contributed by atoms with Crippen LogP contribution in [0, 0.1) is 0 Å². The number of aromatic nitrogens is 2. The second-order valence-corrected chi connectivity index (χ2v) is 5.75. The number of carbonyl (C=O) groups excluding carboxylic acids is 1. The monoisotopic (exact) mass is 320 g/mol. The number of hydrogen-bond acceptors (Lipinski definition) is 6. The summed E-state index contributed by atoms with van der Waals surface area (Å²) in [4.78, 5) is 30.1. The van der Waals surface area contributed by atoms with Gasteiger partial charge in [0.25, 0.3) is 5.56 Å². The Morgan fingerprint density at radius 3 is 2.86 bits per heavy atom. The van der Waals surface area contributed by atoms with E-state index in [1.807, 2.05) is 6.07 Å². The molecule has 2 rings (SSSR count). The number of rotatable bonds is 5. The number of thioether (sulfide) groups is 1. The molecule has 0 saturated carbocycles. The van der Waals surface area contributed by atoms with Gasteiger partial charge in [0.15, 0.2) is 5.16 Å². The number of aromatic amines is 1. The Hall–Kier alpha value is -2.48. The summed E-state index contributed by atoms with van der Waals surface area (Å²) in [5.74, 6) is 0.451. The van der Waals surface area contributed by atoms with E-state index >= 15 is 0 Å². The van der Waals surface area contributed by atoms with Crippen molar-refractivity contribution in [2.45, 2.75) is 17.3 Å². The topological polar surface area (TPSA) is 110 Å². The number of ether oxygens (including phenoxy) is 1. The molecule has 4 N–H and O–H groups in total. The Labute approximate surface area is 131 Å². The molecule has 116 valence electrons. The number of anilines is 2. The van der Waals surface area contributed by atoms with Crippen LogP contribution in [0.5, 0.6) is 5.75 Å². The summed E-state index contributed by atoms with van der Waals surface area (Å²) in [5.41, 5.74) is 5.74. The molecule has 1 aromatic carbocycles. The van der Waals surface area contributed by atoms with Crippen molar-refractivity contribution in [3.8, 4) is 5.75 Å². The van der Waals surface area contributed by atoms with Crippen LogP contribution in [0.4, 0.5) is 11.5 Å². The fourth-order valence-electron chi connectivity index (χ4n) is 1.71. The lowest BCUT2D eigenvalue weighted by Gasteiger charge is -2.13. The van der Waals surface area contributed by atoms with Crippen molar-refractivity contribution in [2.24, 2.45) is 0 Å². The summed E-state index contributed by atoms with van der Waals surface area (Å²) in [6, 6.07) is 8.30. The van der Waals surface area contributed by atoms with Crippen LogP contribution in [0.25, 0.3) is 0 Å². The summed E-state index contributed by atoms with van der Waals surface area (Å²) in [6.07, 6.45) is 0. The molecule has 7 nitrogen and oxygen atoms in total. The van der Waals surface area contributed by atoms with Gasteiger partial charge in [-0.2, -0.15) is 0 Å². The number of nitrogens with one attached hydrogen (secondary N) is 2. The van der Waals surface area contributed by atoms with Gasteiger partial charge in [0.1, 0.15) is 11.6 Å². The predicted octanol–water partition coefficient (Wildman–Crippen LogP) is 1.48. The Bertz CT molecular complexity index is 732. The van der Waals surface area contributed by atoms with Crippen LogP contribution < -0.4 is 21.3 Å². The van der Waals surface area contributed by atoms with Crippen molar-refractivity contribution in [2.75, 3.05) is 18.2 Å². The van der Waals surface area contributed by atoms with E-state index in [1.165, 1.54) is 13.2 Å². The zero-order valence-electron chi connectivity index (χ0n) is 12.1. The lowest BCUT2D eigenvalue weighted by Crippen LogP contribution is -2.23. The fourth-order valence-corrected chi connectivity index (χ4v) is 2.53. The van der Waals surface area contributed by atoms with Gasteiger partial charge in [0, 0.05) is 6.07 Å². The van der Waals surface area contributed by atoms with Crippen LogP contribution in [0.2, 0.25) is 0 Å². The molecule has 0 aliphatic heterocycles. The number of carbonyl (C=O) groups is 1. The maximum atomic E-state index is 12.2. The Morgan fingerprint density at radius 2 is 2.18 bits per heavy atom. The van der Waals surface area contributed by atoms with Gasteiger partial charge in [-0.15, -0.1) is 0 Å². The largest absolute Gasteiger partial charge is 0.495 e. The minimum atomic E-state index is -0.477. The maximum absolute atomic E-state index is 12.2. The third-order valence-corrected chi connectivity index (χ3v) is 3.75. The quantitative estimate of drug-likeness (QED) is 0.568. The van der Waals surface area contributed by atoms with Crippen molar-refractivity contribution in [1.82, 2.24) is 9.97 Å². The molecule has 1 aromatic heterocycles. The van der Waals surface area contributed by atoms with Gasteiger partial charge >= 0.3 is 0 Å². The Morgan fingerprint density at radius 1 is 1.45 bits per heavy atom. The molecule has 0 aliphatic rings. The van der Waals surface area contributed by atoms with Crippen LogP contribution in [0.3, 0.4) is 0 Å². The average Bonchev–Trinajstić information content (AvgIpc) is 2.46. The summed E-state index contributed by atoms with van der Waals surface area (Å²) >= 11 is 1.11. The van der Waals surface area contributed by atoms with E-state index in [-0.39, 0.29) is 17.3 Å². The number of methoxy groups -OCH3 is 1. The molecule has 1 amide bonds. The Balaban J connectivity index is 2.07. The second kappa shape index (κ2) is 6.99. The number of nitrogens with two attached hydrogens (primary N) is 1. The van der Waals surface area contributed by atoms with E-state index < -0.39 is 5.25 Å². The highest BCUT2D eigenvalue weighted by atomic mass is 32.2. The van der Waals surface area contributed by atoms with E-state index in [0.29, 0.717) is 16.6 Å². The van der Waals surface area contributed by atoms with E-state index in [9.17, 15) is 9.59 Å². The SMILES string of the molecule is COc1ccccc1NC(=O)C(C)Sc1nc(N)cc(=O)[nH]1. The number of amides is 1. The molecule has 2 aromatic rings. The van der Waals surface area contributed by atoms with Crippen molar-refractivity contribution in [3.05, 3.63) is 40.7 Å². The van der Waals surface area contributed by atoms with Crippen LogP contribution in [0.1, 0.15) is 6.92 Å². The second-order valence-electron chi connectivity index (χ2n) is 4.43. The molecule has 0 fully saturated rings. The minimum absolute atomic E-state index is 0.114. The molecule has 0 aliphatic carbocycles. The first-order valence-corrected chi connectivity index (χ1v) is 7.35. The van der Waals surface area contributed by atoms with Crippen molar-refractivity contribution in [3.63, 3.8) is 0 Å². The smallest absolute Gasteiger partial charge is 0.253 e. The molecule has 0 spiro atoms. The van der Waals surface area contributed by atoms with Gasteiger partial charge in [-0.3, -0.25) is 9.59 Å². The number of hydrogen-bond donors (Lipinski definition) is 3. The first-order valence-electron chi connectivity index (χ1n) is 6.47. The molecule has 0 radical (unpaired) electrons. The van der Waals surface area contributed by atoms with Gasteiger partial charge in [-0.25, -0.2) is 4.98 Å². The van der Waals surface area contributed by atoms with E-state index in [1.54, 1.807) is 25.1 Å². The number of nitrogens with zero attached hydrogens (tertiary/aromatic N) is 1. The van der Waals surface area contributed by atoms with Crippen LogP contribution in [-0.4, -0.2) is 28.2 Å². The lowest BCUT2D eigenvalue weighted by molar-refractivity contribution is -0.115. The molecule has 1 heterocycles. The lowest BCUT2D eigenvalue weighted by atomic mass is 10.3. The van der Waals surface area contributed by atoms with Gasteiger partial charge in [-0.05, 0) is 19.1 Å². The fraction of sp³-hybridized carbons (Fsp3) is 0.214. The maximum Gasteiger partial charge on any atom is 0.253 e. The number of para-hydroxylation sites is 2. The summed E-state index contributed by atoms with van der Waals surface area (Å²) in [7, 11) is 1.53. The zero-order chi connectivity index (χ0) is 16.1. The molecule has 8 heteroatoms. The molecular weight excluding hydrogens is 304 g/mol. The van der Waals surface area contributed by atoms with E-state index in [4.69, 9.17) is 10.5 Å². The van der Waals surface area contributed by atoms with Gasteiger partial charge in [0.05, 0.1) is 18.0 Å². The van der Waals surface area contributed by atoms with Gasteiger partial charge < -0.3 is 20.8 Å². The number of nitrogen functional groups attached to an aromatic ring is 1. The highest BCUT2D eigenvalue weighted by Gasteiger charge is 2.17. The molecule has 1 unspecified atom stereocenters. The van der Waals surface area contributed by atoms with E-state index in [2.05, 4.69) is 15.3 Å². The van der Waals surface area contributed by atoms with Crippen LogP contribution >= 0.6 is 11.8 Å². The van der Waals surface area contributed by atoms with Crippen molar-refractivity contribution < 1.29 is 9.53 Å². The van der Waals surface area contributed by atoms with Crippen molar-refractivity contribution in [1.29, 1.82) is 0 Å². The van der Waals surface area contributed by atoms with Gasteiger partial charge in [0.2, 0.25) is 5.91 Å². The molecule has 0 bridgehead atoms. The number of benzene rings is 1.